The largest absolute Gasteiger partial charge is 0.351 e. The van der Waals surface area contributed by atoms with Gasteiger partial charge in [0, 0.05) is 50.9 Å². The molecule has 0 bridgehead atoms. The zero-order valence-corrected chi connectivity index (χ0v) is 25.0. The summed E-state index contributed by atoms with van der Waals surface area (Å²) in [7, 11) is 0. The van der Waals surface area contributed by atoms with Gasteiger partial charge in [-0.25, -0.2) is 0 Å². The van der Waals surface area contributed by atoms with E-state index in [0.29, 0.717) is 5.11 Å². The van der Waals surface area contributed by atoms with Gasteiger partial charge in [0.15, 0.2) is 5.11 Å². The fraction of sp³-hybridized carbons (Fsp3) is 0.152. The normalized spacial score (nSPS) is 16.5. The number of aryl methyl sites for hydroxylation is 2. The lowest BCUT2D eigenvalue weighted by Crippen LogP contribution is -2.29. The van der Waals surface area contributed by atoms with Crippen LogP contribution in [0.5, 0.6) is 0 Å². The summed E-state index contributed by atoms with van der Waals surface area (Å²) in [5.74, 6) is 0. The number of pyridine rings is 1. The number of nitrogens with zero attached hydrogens (tertiary/aromatic N) is 4. The molecule has 42 heavy (non-hydrogen) atoms. The van der Waals surface area contributed by atoms with Gasteiger partial charge in [0.25, 0.3) is 5.69 Å². The van der Waals surface area contributed by atoms with E-state index in [1.807, 2.05) is 24.4 Å². The number of aromatic nitrogens is 2. The first-order chi connectivity index (χ1) is 20.3. The molecule has 1 fully saturated rings. The van der Waals surface area contributed by atoms with Crippen LogP contribution in [0.25, 0.3) is 5.69 Å². The quantitative estimate of drug-likeness (QED) is 0.117. The summed E-state index contributed by atoms with van der Waals surface area (Å²) in [6.07, 6.45) is 1.82. The van der Waals surface area contributed by atoms with E-state index in [2.05, 4.69) is 90.2 Å². The summed E-state index contributed by atoms with van der Waals surface area (Å²) in [4.78, 5) is 19.5. The van der Waals surface area contributed by atoms with Crippen molar-refractivity contribution in [3.8, 4) is 5.69 Å². The Kier molecular flexibility index (Phi) is 7.53. The van der Waals surface area contributed by atoms with E-state index in [4.69, 9.17) is 17.2 Å². The van der Waals surface area contributed by atoms with Crippen molar-refractivity contribution >= 4 is 40.5 Å². The molecule has 9 heteroatoms. The maximum atomic E-state index is 11.0. The first-order valence-corrected chi connectivity index (χ1v) is 14.8. The van der Waals surface area contributed by atoms with Crippen molar-refractivity contribution in [3.63, 3.8) is 0 Å². The number of anilines is 1. The minimum absolute atomic E-state index is 0.0833. The SMILES string of the molecule is Cc1ccc(-n2c(C)cc(C3C(c4ccccn4)NC(=S)N3c3ccc(Sc4ccc([N+](=O)[O-])cc4)cc3)c2C)cc1. The highest BCUT2D eigenvalue weighted by Gasteiger charge is 2.42. The highest BCUT2D eigenvalue weighted by molar-refractivity contribution is 7.99. The topological polar surface area (TPSA) is 76.2 Å². The van der Waals surface area contributed by atoms with Crippen molar-refractivity contribution in [3.05, 3.63) is 142 Å². The third-order valence-corrected chi connectivity index (χ3v) is 8.91. The third-order valence-electron chi connectivity index (χ3n) is 7.58. The van der Waals surface area contributed by atoms with Crippen LogP contribution < -0.4 is 10.2 Å². The Hall–Kier alpha value is -4.47. The lowest BCUT2D eigenvalue weighted by Gasteiger charge is -2.28. The molecule has 0 spiro atoms. The van der Waals surface area contributed by atoms with Crippen LogP contribution in [0.1, 0.15) is 40.3 Å². The van der Waals surface area contributed by atoms with E-state index < -0.39 is 0 Å². The molecule has 0 saturated carbocycles. The molecule has 7 nitrogen and oxygen atoms in total. The van der Waals surface area contributed by atoms with Gasteiger partial charge >= 0.3 is 0 Å². The molecule has 1 saturated heterocycles. The van der Waals surface area contributed by atoms with Gasteiger partial charge in [-0.05, 0) is 105 Å². The van der Waals surface area contributed by atoms with Crippen molar-refractivity contribution in [1.29, 1.82) is 0 Å². The van der Waals surface area contributed by atoms with Crippen LogP contribution in [0.4, 0.5) is 11.4 Å². The van der Waals surface area contributed by atoms with E-state index >= 15 is 0 Å². The molecular weight excluding hydrogens is 563 g/mol. The van der Waals surface area contributed by atoms with Crippen LogP contribution in [-0.4, -0.2) is 19.6 Å². The lowest BCUT2D eigenvalue weighted by atomic mass is 9.96. The molecule has 1 N–H and O–H groups in total. The number of rotatable bonds is 7. The Bertz CT molecular complexity index is 1750. The smallest absolute Gasteiger partial charge is 0.269 e. The Morgan fingerprint density at radius 3 is 2.14 bits per heavy atom. The number of hydrogen-bond acceptors (Lipinski definition) is 5. The number of nitro benzene ring substituents is 1. The molecule has 3 aromatic carbocycles. The molecular formula is C33H29N5O2S2. The Labute approximate surface area is 254 Å². The summed E-state index contributed by atoms with van der Waals surface area (Å²) in [5.41, 5.74) is 7.83. The molecule has 3 heterocycles. The molecule has 2 unspecified atom stereocenters. The summed E-state index contributed by atoms with van der Waals surface area (Å²) < 4.78 is 2.30. The van der Waals surface area contributed by atoms with E-state index in [-0.39, 0.29) is 22.7 Å². The molecule has 0 aliphatic carbocycles. The van der Waals surface area contributed by atoms with Crippen LogP contribution in [0.2, 0.25) is 0 Å². The standard InChI is InChI=1S/C33H29N5O2S2/c1-21-7-9-24(10-8-21)36-22(2)20-29(23(36)3)32-31(30-6-4-5-19-34-30)35-33(41)37(32)25-11-15-27(16-12-25)42-28-17-13-26(14-18-28)38(39)40/h4-20,31-32H,1-3H3,(H,35,41). The minimum Gasteiger partial charge on any atom is -0.351 e. The first kappa shape index (κ1) is 27.7. The fourth-order valence-electron chi connectivity index (χ4n) is 5.57. The minimum atomic E-state index is -0.386. The van der Waals surface area contributed by atoms with Gasteiger partial charge in [-0.1, -0.05) is 35.5 Å². The Morgan fingerprint density at radius 1 is 0.881 bits per heavy atom. The second kappa shape index (κ2) is 11.4. The summed E-state index contributed by atoms with van der Waals surface area (Å²) in [6, 6.07) is 31.4. The second-order valence-corrected chi connectivity index (χ2v) is 11.9. The molecule has 5 aromatic rings. The zero-order chi connectivity index (χ0) is 29.4. The van der Waals surface area contributed by atoms with Gasteiger partial charge < -0.3 is 14.8 Å². The van der Waals surface area contributed by atoms with Gasteiger partial charge in [-0.2, -0.15) is 0 Å². The van der Waals surface area contributed by atoms with Gasteiger partial charge in [0.2, 0.25) is 0 Å². The van der Waals surface area contributed by atoms with E-state index in [1.54, 1.807) is 23.9 Å². The van der Waals surface area contributed by atoms with Crippen molar-refractivity contribution in [2.75, 3.05) is 4.90 Å². The molecule has 0 amide bonds. The van der Waals surface area contributed by atoms with Gasteiger partial charge in [-0.15, -0.1) is 0 Å². The van der Waals surface area contributed by atoms with Crippen molar-refractivity contribution < 1.29 is 4.92 Å². The first-order valence-electron chi connectivity index (χ1n) is 13.6. The average molecular weight is 592 g/mol. The number of nitro groups is 1. The van der Waals surface area contributed by atoms with Crippen LogP contribution in [0.3, 0.4) is 0 Å². The summed E-state index contributed by atoms with van der Waals surface area (Å²) >= 11 is 7.52. The predicted octanol–water partition coefficient (Wildman–Crippen LogP) is 8.03. The molecule has 0 radical (unpaired) electrons. The van der Waals surface area contributed by atoms with Gasteiger partial charge in [-0.3, -0.25) is 15.1 Å². The maximum Gasteiger partial charge on any atom is 0.269 e. The van der Waals surface area contributed by atoms with E-state index in [1.165, 1.54) is 23.3 Å². The molecule has 1 aliphatic rings. The number of non-ortho nitro benzene ring substituents is 1. The van der Waals surface area contributed by atoms with Crippen molar-refractivity contribution in [2.24, 2.45) is 0 Å². The molecule has 2 aromatic heterocycles. The van der Waals surface area contributed by atoms with Crippen LogP contribution in [0.15, 0.2) is 113 Å². The summed E-state index contributed by atoms with van der Waals surface area (Å²) in [6.45, 7) is 6.41. The van der Waals surface area contributed by atoms with Crippen LogP contribution >= 0.6 is 24.0 Å². The maximum absolute atomic E-state index is 11.0. The highest BCUT2D eigenvalue weighted by atomic mass is 32.2. The zero-order valence-electron chi connectivity index (χ0n) is 23.4. The average Bonchev–Trinajstić information content (AvgIpc) is 3.49. The molecule has 1 aliphatic heterocycles. The number of nitrogens with one attached hydrogen (secondary N) is 1. The van der Waals surface area contributed by atoms with Crippen LogP contribution in [-0.2, 0) is 0 Å². The predicted molar refractivity (Wildman–Crippen MR) is 172 cm³/mol. The second-order valence-electron chi connectivity index (χ2n) is 10.3. The van der Waals surface area contributed by atoms with E-state index in [0.717, 1.165) is 38.2 Å². The molecule has 210 valence electrons. The number of hydrogen-bond donors (Lipinski definition) is 1. The molecule has 6 rings (SSSR count). The Morgan fingerprint density at radius 2 is 1.52 bits per heavy atom. The summed E-state index contributed by atoms with van der Waals surface area (Å²) in [5, 5.41) is 15.2. The van der Waals surface area contributed by atoms with E-state index in [9.17, 15) is 10.1 Å². The Balaban J connectivity index is 1.37. The molecule has 2 atom stereocenters. The highest BCUT2D eigenvalue weighted by Crippen LogP contribution is 2.44. The van der Waals surface area contributed by atoms with Crippen molar-refractivity contribution in [2.45, 2.75) is 42.6 Å². The monoisotopic (exact) mass is 591 g/mol. The number of thiocarbonyl (C=S) groups is 1. The lowest BCUT2D eigenvalue weighted by molar-refractivity contribution is -0.384. The number of benzene rings is 3. The van der Waals surface area contributed by atoms with Gasteiger partial charge in [0.1, 0.15) is 0 Å². The third kappa shape index (κ3) is 5.29. The fourth-order valence-corrected chi connectivity index (χ4v) is 6.74. The van der Waals surface area contributed by atoms with Gasteiger partial charge in [0.05, 0.1) is 22.7 Å². The van der Waals surface area contributed by atoms with Crippen molar-refractivity contribution in [1.82, 2.24) is 14.9 Å². The van der Waals surface area contributed by atoms with Crippen LogP contribution in [0, 0.1) is 30.9 Å².